The van der Waals surface area contributed by atoms with Crippen molar-refractivity contribution >= 4 is 39.5 Å². The van der Waals surface area contributed by atoms with Gasteiger partial charge in [0.25, 0.3) is 0 Å². The summed E-state index contributed by atoms with van der Waals surface area (Å²) in [5, 5.41) is 2.57. The largest absolute Gasteiger partial charge is 0.397 e. The van der Waals surface area contributed by atoms with Gasteiger partial charge >= 0.3 is 0 Å². The van der Waals surface area contributed by atoms with Gasteiger partial charge < -0.3 is 11.5 Å². The molecule has 3 aromatic rings. The third-order valence-electron chi connectivity index (χ3n) is 4.60. The van der Waals surface area contributed by atoms with Crippen LogP contribution in [0.5, 0.6) is 0 Å². The van der Waals surface area contributed by atoms with Crippen LogP contribution < -0.4 is 16.4 Å². The third-order valence-corrected chi connectivity index (χ3v) is 5.51. The first-order valence-corrected chi connectivity index (χ1v) is 10.5. The highest BCUT2D eigenvalue weighted by molar-refractivity contribution is 7.14. The highest BCUT2D eigenvalue weighted by Crippen LogP contribution is 2.38. The molecule has 6 nitrogen and oxygen atoms in total. The molecular formula is C22H23FN4O2S. The summed E-state index contributed by atoms with van der Waals surface area (Å²) >= 11 is 1.38. The number of aromatic nitrogens is 1. The average molecular weight is 427 g/mol. The molecule has 0 saturated carbocycles. The van der Waals surface area contributed by atoms with Crippen molar-refractivity contribution in [3.05, 3.63) is 60.0 Å². The van der Waals surface area contributed by atoms with E-state index in [1.807, 2.05) is 23.6 Å². The number of unbranched alkanes of at least 4 members (excludes halogenated alkanes) is 2. The number of amides is 2. The molecule has 0 radical (unpaired) electrons. The lowest BCUT2D eigenvalue weighted by molar-refractivity contribution is -0.118. The zero-order chi connectivity index (χ0) is 21.5. The van der Waals surface area contributed by atoms with Crippen molar-refractivity contribution < 1.29 is 14.0 Å². The Hall–Kier alpha value is -3.26. The molecule has 0 saturated heterocycles. The van der Waals surface area contributed by atoms with Gasteiger partial charge in [0.05, 0.1) is 11.4 Å². The number of primary amides is 1. The van der Waals surface area contributed by atoms with Gasteiger partial charge in [0, 0.05) is 42.2 Å². The summed E-state index contributed by atoms with van der Waals surface area (Å²) in [5.41, 5.74) is 13.7. The SMILES string of the molecule is NC(=O)CCCCCC(=O)N(c1cc(-c2cccnc2)cs1)c1cc(F)ccc1N. The highest BCUT2D eigenvalue weighted by Gasteiger charge is 2.22. The Morgan fingerprint density at radius 3 is 2.60 bits per heavy atom. The van der Waals surface area contributed by atoms with E-state index < -0.39 is 5.82 Å². The molecule has 2 aromatic heterocycles. The van der Waals surface area contributed by atoms with E-state index in [1.54, 1.807) is 12.4 Å². The second-order valence-electron chi connectivity index (χ2n) is 6.87. The molecule has 0 atom stereocenters. The number of hydrogen-bond acceptors (Lipinski definition) is 5. The fraction of sp³-hybridized carbons (Fsp3) is 0.227. The van der Waals surface area contributed by atoms with E-state index in [2.05, 4.69) is 4.98 Å². The zero-order valence-electron chi connectivity index (χ0n) is 16.4. The number of rotatable bonds is 9. The molecule has 3 rings (SSSR count). The van der Waals surface area contributed by atoms with Crippen molar-refractivity contribution in [2.45, 2.75) is 32.1 Å². The summed E-state index contributed by atoms with van der Waals surface area (Å²) in [5.74, 6) is -1.01. The van der Waals surface area contributed by atoms with Crippen molar-refractivity contribution in [2.75, 3.05) is 10.6 Å². The van der Waals surface area contributed by atoms with Gasteiger partial charge in [0.15, 0.2) is 0 Å². The second-order valence-corrected chi connectivity index (χ2v) is 7.76. The first kappa shape index (κ1) is 21.4. The lowest BCUT2D eigenvalue weighted by atomic mass is 10.1. The molecular weight excluding hydrogens is 403 g/mol. The quantitative estimate of drug-likeness (QED) is 0.384. The minimum absolute atomic E-state index is 0.189. The maximum atomic E-state index is 13.9. The number of nitrogens with two attached hydrogens (primary N) is 2. The van der Waals surface area contributed by atoms with Crippen molar-refractivity contribution in [3.63, 3.8) is 0 Å². The number of pyridine rings is 1. The summed E-state index contributed by atoms with van der Waals surface area (Å²) in [7, 11) is 0. The van der Waals surface area contributed by atoms with Gasteiger partial charge in [-0.3, -0.25) is 19.5 Å². The van der Waals surface area contributed by atoms with Gasteiger partial charge in [-0.2, -0.15) is 0 Å². The van der Waals surface area contributed by atoms with E-state index in [4.69, 9.17) is 11.5 Å². The van der Waals surface area contributed by atoms with E-state index in [0.29, 0.717) is 42.1 Å². The number of anilines is 3. The maximum absolute atomic E-state index is 13.9. The molecule has 0 aliphatic heterocycles. The lowest BCUT2D eigenvalue weighted by Gasteiger charge is -2.23. The van der Waals surface area contributed by atoms with E-state index in [0.717, 1.165) is 11.1 Å². The average Bonchev–Trinajstić information content (AvgIpc) is 3.20. The third kappa shape index (κ3) is 5.42. The predicted molar refractivity (Wildman–Crippen MR) is 118 cm³/mol. The van der Waals surface area contributed by atoms with Gasteiger partial charge in [-0.15, -0.1) is 11.3 Å². The lowest BCUT2D eigenvalue weighted by Crippen LogP contribution is -2.26. The molecule has 1 aromatic carbocycles. The fourth-order valence-corrected chi connectivity index (χ4v) is 4.03. The summed E-state index contributed by atoms with van der Waals surface area (Å²) in [6, 6.07) is 9.63. The van der Waals surface area contributed by atoms with Crippen LogP contribution in [0.15, 0.2) is 54.2 Å². The summed E-state index contributed by atoms with van der Waals surface area (Å²) in [6.45, 7) is 0. The normalized spacial score (nSPS) is 10.7. The standard InChI is InChI=1S/C22H23FN4O2S/c23-17-8-9-18(24)19(12-17)27(21(29)7-3-1-2-6-20(25)28)22-11-16(14-30-22)15-5-4-10-26-13-15/h4-5,8-14H,1-3,6-7,24H2,(H2,25,28). The molecule has 8 heteroatoms. The molecule has 2 heterocycles. The van der Waals surface area contributed by atoms with Gasteiger partial charge in [0.1, 0.15) is 10.8 Å². The molecule has 156 valence electrons. The van der Waals surface area contributed by atoms with Crippen LogP contribution in [-0.4, -0.2) is 16.8 Å². The Morgan fingerprint density at radius 2 is 1.87 bits per heavy atom. The van der Waals surface area contributed by atoms with Crippen LogP contribution in [0.1, 0.15) is 32.1 Å². The number of nitrogens with zero attached hydrogens (tertiary/aromatic N) is 2. The van der Waals surface area contributed by atoms with E-state index in [-0.39, 0.29) is 18.2 Å². The molecule has 2 amide bonds. The number of benzene rings is 1. The zero-order valence-corrected chi connectivity index (χ0v) is 17.2. The van der Waals surface area contributed by atoms with Crippen LogP contribution in [0.2, 0.25) is 0 Å². The summed E-state index contributed by atoms with van der Waals surface area (Å²) < 4.78 is 13.9. The Labute approximate surface area is 178 Å². The van der Waals surface area contributed by atoms with Crippen molar-refractivity contribution in [3.8, 4) is 11.1 Å². The second kappa shape index (κ2) is 9.98. The Morgan fingerprint density at radius 1 is 1.07 bits per heavy atom. The molecule has 0 aliphatic rings. The highest BCUT2D eigenvalue weighted by atomic mass is 32.1. The van der Waals surface area contributed by atoms with E-state index >= 15 is 0 Å². The van der Waals surface area contributed by atoms with Gasteiger partial charge in [0.2, 0.25) is 11.8 Å². The molecule has 0 bridgehead atoms. The van der Waals surface area contributed by atoms with Crippen LogP contribution in [-0.2, 0) is 9.59 Å². The summed E-state index contributed by atoms with van der Waals surface area (Å²) in [4.78, 5) is 29.6. The van der Waals surface area contributed by atoms with Crippen LogP contribution in [0.3, 0.4) is 0 Å². The number of carbonyl (C=O) groups is 2. The Bertz CT molecular complexity index is 1020. The molecule has 0 aliphatic carbocycles. The number of nitrogen functional groups attached to an aromatic ring is 1. The van der Waals surface area contributed by atoms with E-state index in [9.17, 15) is 14.0 Å². The monoisotopic (exact) mass is 426 g/mol. The van der Waals surface area contributed by atoms with Crippen LogP contribution in [0.4, 0.5) is 20.8 Å². The minimum Gasteiger partial charge on any atom is -0.397 e. The number of thiophene rings is 1. The van der Waals surface area contributed by atoms with Crippen LogP contribution in [0, 0.1) is 5.82 Å². The predicted octanol–water partition coefficient (Wildman–Crippen LogP) is 4.63. The van der Waals surface area contributed by atoms with Crippen LogP contribution in [0.25, 0.3) is 11.1 Å². The van der Waals surface area contributed by atoms with Gasteiger partial charge in [-0.25, -0.2) is 4.39 Å². The smallest absolute Gasteiger partial charge is 0.232 e. The molecule has 0 spiro atoms. The molecule has 4 N–H and O–H groups in total. The number of halogens is 1. The summed E-state index contributed by atoms with van der Waals surface area (Å²) in [6.07, 6.45) is 5.91. The first-order valence-electron chi connectivity index (χ1n) is 9.61. The fourth-order valence-electron chi connectivity index (χ4n) is 3.08. The minimum atomic E-state index is -0.470. The Kier molecular flexibility index (Phi) is 7.13. The van der Waals surface area contributed by atoms with Crippen molar-refractivity contribution in [1.29, 1.82) is 0 Å². The van der Waals surface area contributed by atoms with Gasteiger partial charge in [-0.05, 0) is 42.7 Å². The van der Waals surface area contributed by atoms with E-state index in [1.165, 1.54) is 34.4 Å². The van der Waals surface area contributed by atoms with Gasteiger partial charge in [-0.1, -0.05) is 12.5 Å². The van der Waals surface area contributed by atoms with Crippen molar-refractivity contribution in [1.82, 2.24) is 4.98 Å². The molecule has 0 unspecified atom stereocenters. The Balaban J connectivity index is 1.85. The molecule has 0 fully saturated rings. The van der Waals surface area contributed by atoms with Crippen molar-refractivity contribution in [2.24, 2.45) is 5.73 Å². The number of hydrogen-bond donors (Lipinski definition) is 2. The topological polar surface area (TPSA) is 102 Å². The molecule has 30 heavy (non-hydrogen) atoms. The van der Waals surface area contributed by atoms with Crippen LogP contribution >= 0.6 is 11.3 Å². The maximum Gasteiger partial charge on any atom is 0.232 e. The number of carbonyl (C=O) groups excluding carboxylic acids is 2. The first-order chi connectivity index (χ1) is 14.5.